The van der Waals surface area contributed by atoms with Crippen molar-refractivity contribution in [1.29, 1.82) is 0 Å². The van der Waals surface area contributed by atoms with Crippen molar-refractivity contribution in [3.8, 4) is 0 Å². The third-order valence-electron chi connectivity index (χ3n) is 8.21. The second-order valence-corrected chi connectivity index (χ2v) is 9.19. The number of hydrogen-bond donors (Lipinski definition) is 3. The van der Waals surface area contributed by atoms with Crippen molar-refractivity contribution < 1.29 is 24.9 Å². The molecule has 7 atom stereocenters. The number of hydrogen-bond acceptors (Lipinski definition) is 5. The first kappa shape index (κ1) is 18.1. The molecular formula is C21H28O5. The Morgan fingerprint density at radius 2 is 2.08 bits per heavy atom. The molecule has 0 amide bonds. The van der Waals surface area contributed by atoms with Crippen LogP contribution in [0.5, 0.6) is 0 Å². The van der Waals surface area contributed by atoms with Gasteiger partial charge in [0.05, 0.1) is 6.10 Å². The Morgan fingerprint density at radius 1 is 1.35 bits per heavy atom. The zero-order valence-electron chi connectivity index (χ0n) is 15.4. The minimum absolute atomic E-state index is 0.0171. The summed E-state index contributed by atoms with van der Waals surface area (Å²) in [5, 5.41) is 31.7. The Labute approximate surface area is 153 Å². The second kappa shape index (κ2) is 5.60. The van der Waals surface area contributed by atoms with E-state index in [1.54, 1.807) is 6.08 Å². The van der Waals surface area contributed by atoms with Crippen LogP contribution in [-0.4, -0.2) is 45.2 Å². The van der Waals surface area contributed by atoms with Crippen LogP contribution in [0.4, 0.5) is 0 Å². The van der Waals surface area contributed by atoms with Gasteiger partial charge in [0.15, 0.2) is 11.6 Å². The highest BCUT2D eigenvalue weighted by molar-refractivity contribution is 5.93. The molecule has 0 aromatic carbocycles. The monoisotopic (exact) mass is 360 g/mol. The Balaban J connectivity index is 1.76. The maximum absolute atomic E-state index is 12.3. The highest BCUT2D eigenvalue weighted by atomic mass is 16.3. The number of Topliss-reactive ketones (excluding diaryl/α,β-unsaturated/α-hetero) is 1. The Kier molecular flexibility index (Phi) is 3.89. The highest BCUT2D eigenvalue weighted by Gasteiger charge is 2.67. The average Bonchev–Trinajstić information content (AvgIpc) is 2.86. The predicted octanol–water partition coefficient (Wildman–Crippen LogP) is 1.56. The minimum Gasteiger partial charge on any atom is -0.393 e. The first-order chi connectivity index (χ1) is 12.2. The number of allylic oxidation sites excluding steroid dienone is 4. The van der Waals surface area contributed by atoms with Gasteiger partial charge in [-0.2, -0.15) is 0 Å². The summed E-state index contributed by atoms with van der Waals surface area (Å²) in [7, 11) is 0. The lowest BCUT2D eigenvalue weighted by Gasteiger charge is -2.58. The molecule has 4 rings (SSSR count). The Morgan fingerprint density at radius 3 is 2.77 bits per heavy atom. The van der Waals surface area contributed by atoms with Gasteiger partial charge < -0.3 is 15.3 Å². The number of aliphatic hydroxyl groups is 3. The molecule has 4 aliphatic carbocycles. The molecule has 0 aromatic heterocycles. The molecule has 5 nitrogen and oxygen atoms in total. The Bertz CT molecular complexity index is 724. The topological polar surface area (TPSA) is 94.8 Å². The van der Waals surface area contributed by atoms with Gasteiger partial charge in [-0.3, -0.25) is 9.59 Å². The lowest BCUT2D eigenvalue weighted by molar-refractivity contribution is -0.176. The van der Waals surface area contributed by atoms with Crippen LogP contribution in [0, 0.1) is 28.6 Å². The van der Waals surface area contributed by atoms with Crippen molar-refractivity contribution in [1.82, 2.24) is 0 Å². The number of rotatable bonds is 2. The average molecular weight is 360 g/mol. The standard InChI is InChI=1S/C21H28O5/c1-19-7-5-13(23)9-12(19)3-4-14-15-6-8-21(26,17(25)11-22)20(15,2)10-16(24)18(14)19/h3,5,7,14-16,18,22,24,26H,4,6,8-11H2,1-2H3/t14-,15-,16-,18+,19-,20-,21-/m0/s1. The fourth-order valence-electron chi connectivity index (χ4n) is 6.83. The van der Waals surface area contributed by atoms with Crippen LogP contribution in [0.1, 0.15) is 46.0 Å². The van der Waals surface area contributed by atoms with Gasteiger partial charge in [-0.05, 0) is 43.6 Å². The van der Waals surface area contributed by atoms with E-state index in [-0.39, 0.29) is 29.0 Å². The second-order valence-electron chi connectivity index (χ2n) is 9.19. The molecule has 0 unspecified atom stereocenters. The van der Waals surface area contributed by atoms with E-state index in [9.17, 15) is 24.9 Å². The molecule has 0 spiro atoms. The quantitative estimate of drug-likeness (QED) is 0.650. The van der Waals surface area contributed by atoms with E-state index in [0.717, 1.165) is 12.0 Å². The molecule has 0 saturated heterocycles. The van der Waals surface area contributed by atoms with Crippen molar-refractivity contribution in [3.05, 3.63) is 23.8 Å². The van der Waals surface area contributed by atoms with Crippen LogP contribution in [0.2, 0.25) is 0 Å². The molecule has 4 aliphatic rings. The van der Waals surface area contributed by atoms with Gasteiger partial charge in [-0.25, -0.2) is 0 Å². The molecule has 0 radical (unpaired) electrons. The maximum Gasteiger partial charge on any atom is 0.190 e. The number of carbonyl (C=O) groups is 2. The summed E-state index contributed by atoms with van der Waals surface area (Å²) in [6.07, 6.45) is 7.64. The fraction of sp³-hybridized carbons (Fsp3) is 0.714. The number of aliphatic hydroxyl groups excluding tert-OH is 2. The molecular weight excluding hydrogens is 332 g/mol. The van der Waals surface area contributed by atoms with Crippen LogP contribution >= 0.6 is 0 Å². The summed E-state index contributed by atoms with van der Waals surface area (Å²) in [5.41, 5.74) is -1.56. The first-order valence-electron chi connectivity index (χ1n) is 9.63. The van der Waals surface area contributed by atoms with Gasteiger partial charge in [0.25, 0.3) is 0 Å². The number of ketones is 2. The molecule has 0 bridgehead atoms. The highest BCUT2D eigenvalue weighted by Crippen LogP contribution is 2.66. The first-order valence-corrected chi connectivity index (χ1v) is 9.63. The molecule has 5 heteroatoms. The SMILES string of the molecule is C[C@]12C=CC(=O)CC1=CC[C@@H]1[C@@H]2[C@@H](O)C[C@@]2(C)[C@H]1CC[C@]2(O)C(=O)CO. The lowest BCUT2D eigenvalue weighted by Crippen LogP contribution is -2.61. The normalized spacial score (nSPS) is 49.9. The molecule has 3 N–H and O–H groups in total. The van der Waals surface area contributed by atoms with Crippen LogP contribution in [0.25, 0.3) is 0 Å². The van der Waals surface area contributed by atoms with Crippen molar-refractivity contribution in [2.75, 3.05) is 6.61 Å². The van der Waals surface area contributed by atoms with E-state index in [1.165, 1.54) is 0 Å². The van der Waals surface area contributed by atoms with E-state index in [0.29, 0.717) is 25.7 Å². The molecule has 0 aliphatic heterocycles. The number of carbonyl (C=O) groups excluding carboxylic acids is 2. The zero-order chi connectivity index (χ0) is 18.9. The molecule has 2 saturated carbocycles. The zero-order valence-corrected chi connectivity index (χ0v) is 15.4. The van der Waals surface area contributed by atoms with Gasteiger partial charge in [0.2, 0.25) is 0 Å². The van der Waals surface area contributed by atoms with Crippen LogP contribution in [0.15, 0.2) is 23.8 Å². The summed E-state index contributed by atoms with van der Waals surface area (Å²) in [4.78, 5) is 24.2. The number of fused-ring (bicyclic) bond motifs is 5. The molecule has 26 heavy (non-hydrogen) atoms. The summed E-state index contributed by atoms with van der Waals surface area (Å²) in [6, 6.07) is 0. The van der Waals surface area contributed by atoms with Crippen molar-refractivity contribution >= 4 is 11.6 Å². The van der Waals surface area contributed by atoms with E-state index in [1.807, 2.05) is 13.0 Å². The summed E-state index contributed by atoms with van der Waals surface area (Å²) in [6.45, 7) is 3.33. The van der Waals surface area contributed by atoms with E-state index in [2.05, 4.69) is 13.0 Å². The maximum atomic E-state index is 12.3. The van der Waals surface area contributed by atoms with E-state index >= 15 is 0 Å². The third-order valence-corrected chi connectivity index (χ3v) is 8.21. The molecule has 0 heterocycles. The van der Waals surface area contributed by atoms with Gasteiger partial charge in [0.1, 0.15) is 12.2 Å². The van der Waals surface area contributed by atoms with Gasteiger partial charge in [-0.1, -0.05) is 31.6 Å². The van der Waals surface area contributed by atoms with Gasteiger partial charge >= 0.3 is 0 Å². The fourth-order valence-corrected chi connectivity index (χ4v) is 6.83. The van der Waals surface area contributed by atoms with Gasteiger partial charge in [-0.15, -0.1) is 0 Å². The van der Waals surface area contributed by atoms with Crippen molar-refractivity contribution in [2.24, 2.45) is 28.6 Å². The molecule has 2 fully saturated rings. The smallest absolute Gasteiger partial charge is 0.190 e. The lowest BCUT2D eigenvalue weighted by atomic mass is 9.47. The van der Waals surface area contributed by atoms with Gasteiger partial charge in [0, 0.05) is 23.2 Å². The summed E-state index contributed by atoms with van der Waals surface area (Å²) >= 11 is 0. The Hall–Kier alpha value is -1.30. The van der Waals surface area contributed by atoms with Crippen LogP contribution in [-0.2, 0) is 9.59 Å². The largest absolute Gasteiger partial charge is 0.393 e. The van der Waals surface area contributed by atoms with Crippen LogP contribution in [0.3, 0.4) is 0 Å². The third kappa shape index (κ3) is 2.08. The van der Waals surface area contributed by atoms with Crippen molar-refractivity contribution in [2.45, 2.75) is 57.7 Å². The summed E-state index contributed by atoms with van der Waals surface area (Å²) in [5.74, 6) is -0.190. The van der Waals surface area contributed by atoms with Crippen LogP contribution < -0.4 is 0 Å². The van der Waals surface area contributed by atoms with Crippen molar-refractivity contribution in [3.63, 3.8) is 0 Å². The molecule has 142 valence electrons. The van der Waals surface area contributed by atoms with E-state index in [4.69, 9.17) is 0 Å². The molecule has 0 aromatic rings. The predicted molar refractivity (Wildman–Crippen MR) is 95.0 cm³/mol. The van der Waals surface area contributed by atoms with E-state index < -0.39 is 29.5 Å². The summed E-state index contributed by atoms with van der Waals surface area (Å²) < 4.78 is 0. The minimum atomic E-state index is -1.57.